The molecule has 32 heavy (non-hydrogen) atoms. The SMILES string of the molecule is CN(C)CCNC(=O)C1Cc2cc([N+](=O)[O-])ccc2N2CCN(c3ccccc3F)CC12. The van der Waals surface area contributed by atoms with Crippen molar-refractivity contribution in [1.29, 1.82) is 0 Å². The average Bonchev–Trinajstić information content (AvgIpc) is 2.77. The number of fused-ring (bicyclic) bond motifs is 3. The van der Waals surface area contributed by atoms with E-state index in [4.69, 9.17) is 0 Å². The summed E-state index contributed by atoms with van der Waals surface area (Å²) in [7, 11) is 3.88. The molecule has 1 saturated heterocycles. The van der Waals surface area contributed by atoms with Crippen LogP contribution in [0.2, 0.25) is 0 Å². The van der Waals surface area contributed by atoms with Gasteiger partial charge >= 0.3 is 0 Å². The first-order valence-corrected chi connectivity index (χ1v) is 10.8. The number of nitro groups is 1. The van der Waals surface area contributed by atoms with Crippen LogP contribution in [0.1, 0.15) is 5.56 Å². The van der Waals surface area contributed by atoms with E-state index in [0.29, 0.717) is 38.3 Å². The van der Waals surface area contributed by atoms with E-state index in [9.17, 15) is 19.3 Å². The largest absolute Gasteiger partial charge is 0.365 e. The second kappa shape index (κ2) is 9.12. The van der Waals surface area contributed by atoms with Crippen molar-refractivity contribution in [2.45, 2.75) is 12.5 Å². The van der Waals surface area contributed by atoms with Crippen LogP contribution in [0, 0.1) is 21.8 Å². The van der Waals surface area contributed by atoms with Gasteiger partial charge in [0.15, 0.2) is 0 Å². The molecular formula is C23H28FN5O3. The Bertz CT molecular complexity index is 1010. The third kappa shape index (κ3) is 4.38. The summed E-state index contributed by atoms with van der Waals surface area (Å²) in [4.78, 5) is 30.2. The minimum Gasteiger partial charge on any atom is -0.365 e. The average molecular weight is 442 g/mol. The van der Waals surface area contributed by atoms with Crippen LogP contribution in [0.4, 0.5) is 21.5 Å². The van der Waals surface area contributed by atoms with Crippen LogP contribution in [0.25, 0.3) is 0 Å². The molecule has 2 unspecified atom stereocenters. The second-order valence-electron chi connectivity index (χ2n) is 8.63. The van der Waals surface area contributed by atoms with Gasteiger partial charge in [-0.15, -0.1) is 0 Å². The van der Waals surface area contributed by atoms with Gasteiger partial charge in [-0.1, -0.05) is 12.1 Å². The van der Waals surface area contributed by atoms with Crippen molar-refractivity contribution in [3.63, 3.8) is 0 Å². The number of piperazine rings is 1. The van der Waals surface area contributed by atoms with Crippen molar-refractivity contribution in [2.24, 2.45) is 5.92 Å². The summed E-state index contributed by atoms with van der Waals surface area (Å²) >= 11 is 0. The van der Waals surface area contributed by atoms with Gasteiger partial charge in [-0.25, -0.2) is 4.39 Å². The molecule has 1 N–H and O–H groups in total. The zero-order chi connectivity index (χ0) is 22.8. The van der Waals surface area contributed by atoms with Gasteiger partial charge in [-0.05, 0) is 44.3 Å². The zero-order valence-corrected chi connectivity index (χ0v) is 18.3. The van der Waals surface area contributed by atoms with E-state index >= 15 is 0 Å². The highest BCUT2D eigenvalue weighted by Crippen LogP contribution is 2.38. The predicted molar refractivity (Wildman–Crippen MR) is 122 cm³/mol. The minimum atomic E-state index is -0.408. The maximum absolute atomic E-state index is 14.5. The molecule has 2 aliphatic rings. The fourth-order valence-corrected chi connectivity index (χ4v) is 4.68. The van der Waals surface area contributed by atoms with E-state index < -0.39 is 4.92 Å². The van der Waals surface area contributed by atoms with Gasteiger partial charge in [0.2, 0.25) is 5.91 Å². The van der Waals surface area contributed by atoms with Gasteiger partial charge in [0, 0.05) is 50.5 Å². The maximum Gasteiger partial charge on any atom is 0.269 e. The van der Waals surface area contributed by atoms with Crippen molar-refractivity contribution in [1.82, 2.24) is 10.2 Å². The molecule has 9 heteroatoms. The fraction of sp³-hybridized carbons (Fsp3) is 0.435. The molecule has 0 bridgehead atoms. The first-order valence-electron chi connectivity index (χ1n) is 10.8. The van der Waals surface area contributed by atoms with Gasteiger partial charge in [0.05, 0.1) is 22.6 Å². The highest BCUT2D eigenvalue weighted by atomic mass is 19.1. The fourth-order valence-electron chi connectivity index (χ4n) is 4.68. The first kappa shape index (κ1) is 22.0. The van der Waals surface area contributed by atoms with Crippen LogP contribution in [-0.4, -0.2) is 68.6 Å². The molecule has 0 saturated carbocycles. The number of non-ortho nitro benzene ring substituents is 1. The Morgan fingerprint density at radius 2 is 2.00 bits per heavy atom. The third-order valence-electron chi connectivity index (χ3n) is 6.29. The molecule has 2 aromatic carbocycles. The number of carbonyl (C=O) groups is 1. The number of hydrogen-bond acceptors (Lipinski definition) is 6. The quantitative estimate of drug-likeness (QED) is 0.547. The summed E-state index contributed by atoms with van der Waals surface area (Å²) in [5.74, 6) is -0.740. The summed E-state index contributed by atoms with van der Waals surface area (Å²) in [5.41, 5.74) is 2.29. The predicted octanol–water partition coefficient (Wildman–Crippen LogP) is 2.28. The van der Waals surface area contributed by atoms with E-state index in [1.807, 2.05) is 30.0 Å². The van der Waals surface area contributed by atoms with Crippen molar-refractivity contribution in [3.8, 4) is 0 Å². The summed E-state index contributed by atoms with van der Waals surface area (Å²) < 4.78 is 14.5. The van der Waals surface area contributed by atoms with E-state index in [2.05, 4.69) is 10.2 Å². The second-order valence-corrected chi connectivity index (χ2v) is 8.63. The van der Waals surface area contributed by atoms with Crippen LogP contribution in [0.3, 0.4) is 0 Å². The van der Waals surface area contributed by atoms with Crippen molar-refractivity contribution in [2.75, 3.05) is 56.6 Å². The first-order chi connectivity index (χ1) is 15.3. The van der Waals surface area contributed by atoms with Crippen molar-refractivity contribution in [3.05, 3.63) is 64.0 Å². The Kier molecular flexibility index (Phi) is 6.27. The third-order valence-corrected chi connectivity index (χ3v) is 6.29. The zero-order valence-electron chi connectivity index (χ0n) is 18.3. The molecule has 2 heterocycles. The number of nitro benzene ring substituents is 1. The minimum absolute atomic E-state index is 0.0268. The Hall–Kier alpha value is -3.20. The number of amides is 1. The number of carbonyl (C=O) groups excluding carboxylic acids is 1. The molecular weight excluding hydrogens is 413 g/mol. The van der Waals surface area contributed by atoms with Crippen LogP contribution < -0.4 is 15.1 Å². The summed E-state index contributed by atoms with van der Waals surface area (Å²) in [6, 6.07) is 11.4. The van der Waals surface area contributed by atoms with Gasteiger partial charge in [0.1, 0.15) is 5.82 Å². The summed E-state index contributed by atoms with van der Waals surface area (Å²) in [6.07, 6.45) is 0.414. The van der Waals surface area contributed by atoms with Crippen molar-refractivity contribution >= 4 is 23.0 Å². The number of rotatable bonds is 6. The van der Waals surface area contributed by atoms with Crippen LogP contribution in [0.15, 0.2) is 42.5 Å². The van der Waals surface area contributed by atoms with E-state index in [-0.39, 0.29) is 29.4 Å². The molecule has 2 aromatic rings. The normalized spacial score (nSPS) is 20.0. The summed E-state index contributed by atoms with van der Waals surface area (Å²) in [5, 5.41) is 14.3. The van der Waals surface area contributed by atoms with Gasteiger partial charge in [-0.3, -0.25) is 14.9 Å². The molecule has 4 rings (SSSR count). The smallest absolute Gasteiger partial charge is 0.269 e. The van der Waals surface area contributed by atoms with Crippen LogP contribution in [-0.2, 0) is 11.2 Å². The number of halogens is 1. The van der Waals surface area contributed by atoms with Gasteiger partial charge < -0.3 is 20.0 Å². The lowest BCUT2D eigenvalue weighted by Gasteiger charge is -2.49. The molecule has 0 aromatic heterocycles. The standard InChI is InChI=1S/C23H28FN5O3/c1-26(2)10-9-25-23(30)18-14-16-13-17(29(31)32)7-8-20(16)28-12-11-27(15-22(18)28)21-6-4-3-5-19(21)24/h3-8,13,18,22H,9-12,14-15H2,1-2H3,(H,25,30). The topological polar surface area (TPSA) is 82.0 Å². The highest BCUT2D eigenvalue weighted by molar-refractivity contribution is 5.82. The Morgan fingerprint density at radius 3 is 2.72 bits per heavy atom. The molecule has 1 fully saturated rings. The number of hydrogen-bond donors (Lipinski definition) is 1. The van der Waals surface area contributed by atoms with E-state index in [1.165, 1.54) is 12.1 Å². The Morgan fingerprint density at radius 1 is 1.22 bits per heavy atom. The van der Waals surface area contributed by atoms with Crippen LogP contribution in [0.5, 0.6) is 0 Å². The Balaban J connectivity index is 1.64. The number of likely N-dealkylation sites (N-methyl/N-ethyl adjacent to an activating group) is 1. The lowest BCUT2D eigenvalue weighted by Crippen LogP contribution is -2.61. The molecule has 8 nitrogen and oxygen atoms in total. The molecule has 0 radical (unpaired) electrons. The maximum atomic E-state index is 14.5. The molecule has 2 aliphatic heterocycles. The molecule has 2 atom stereocenters. The summed E-state index contributed by atoms with van der Waals surface area (Å²) in [6.45, 7) is 2.95. The lowest BCUT2D eigenvalue weighted by atomic mass is 9.83. The van der Waals surface area contributed by atoms with Crippen LogP contribution >= 0.6 is 0 Å². The molecule has 1 amide bonds. The lowest BCUT2D eigenvalue weighted by molar-refractivity contribution is -0.384. The number of nitrogens with one attached hydrogen (secondary N) is 1. The van der Waals surface area contributed by atoms with Gasteiger partial charge in [0.25, 0.3) is 5.69 Å². The number of benzene rings is 2. The number of anilines is 2. The highest BCUT2D eigenvalue weighted by Gasteiger charge is 2.42. The molecule has 0 aliphatic carbocycles. The molecule has 170 valence electrons. The van der Waals surface area contributed by atoms with Crippen molar-refractivity contribution < 1.29 is 14.1 Å². The number of nitrogens with zero attached hydrogens (tertiary/aromatic N) is 4. The van der Waals surface area contributed by atoms with E-state index in [1.54, 1.807) is 24.3 Å². The van der Waals surface area contributed by atoms with E-state index in [0.717, 1.165) is 17.8 Å². The number of para-hydroxylation sites is 1. The van der Waals surface area contributed by atoms with Gasteiger partial charge in [-0.2, -0.15) is 0 Å². The molecule has 0 spiro atoms. The monoisotopic (exact) mass is 441 g/mol. The Labute approximate surface area is 186 Å².